The van der Waals surface area contributed by atoms with Gasteiger partial charge in [-0.25, -0.2) is 4.79 Å². The number of hydrogen-bond donors (Lipinski definition) is 2. The lowest BCUT2D eigenvalue weighted by molar-refractivity contribution is -0.129. The maximum absolute atomic E-state index is 12.3. The molecule has 24 heavy (non-hydrogen) atoms. The van der Waals surface area contributed by atoms with Crippen LogP contribution in [-0.2, 0) is 16.1 Å². The van der Waals surface area contributed by atoms with Crippen molar-refractivity contribution >= 4 is 28.4 Å². The summed E-state index contributed by atoms with van der Waals surface area (Å²) in [6.45, 7) is 5.68. The van der Waals surface area contributed by atoms with Crippen molar-refractivity contribution in [2.75, 3.05) is 12.4 Å². The SMILES string of the molecule is CNc1snc(C)c1C(=O)O[C@H](C)C(=O)NCc1ccc(C)cc1. The van der Waals surface area contributed by atoms with Crippen molar-refractivity contribution in [1.82, 2.24) is 9.69 Å². The second-order valence-electron chi connectivity index (χ2n) is 5.47. The lowest BCUT2D eigenvalue weighted by atomic mass is 10.1. The van der Waals surface area contributed by atoms with E-state index in [-0.39, 0.29) is 5.91 Å². The van der Waals surface area contributed by atoms with Crippen molar-refractivity contribution < 1.29 is 14.3 Å². The lowest BCUT2D eigenvalue weighted by Crippen LogP contribution is -2.35. The highest BCUT2D eigenvalue weighted by molar-refractivity contribution is 7.10. The number of aryl methyl sites for hydroxylation is 2. The van der Waals surface area contributed by atoms with E-state index in [1.165, 1.54) is 11.5 Å². The van der Waals surface area contributed by atoms with Crippen molar-refractivity contribution in [3.05, 3.63) is 46.6 Å². The zero-order valence-electron chi connectivity index (χ0n) is 14.2. The number of aromatic nitrogens is 1. The first-order valence-corrected chi connectivity index (χ1v) is 8.38. The van der Waals surface area contributed by atoms with Gasteiger partial charge in [0.1, 0.15) is 10.6 Å². The Kier molecular flexibility index (Phi) is 5.92. The van der Waals surface area contributed by atoms with Crippen LogP contribution < -0.4 is 10.6 Å². The summed E-state index contributed by atoms with van der Waals surface area (Å²) in [7, 11) is 1.71. The molecule has 2 N–H and O–H groups in total. The van der Waals surface area contributed by atoms with Gasteiger partial charge in [-0.05, 0) is 37.9 Å². The molecule has 0 spiro atoms. The van der Waals surface area contributed by atoms with Gasteiger partial charge in [-0.3, -0.25) is 4.79 Å². The fourth-order valence-corrected chi connectivity index (χ4v) is 2.83. The van der Waals surface area contributed by atoms with Gasteiger partial charge in [0.05, 0.1) is 5.69 Å². The maximum atomic E-state index is 12.3. The standard InChI is InChI=1S/C17H21N3O3S/c1-10-5-7-13(8-6-10)9-19-15(21)12(3)23-17(22)14-11(2)20-24-16(14)18-4/h5-8,12,18H,9H2,1-4H3,(H,19,21)/t12-/m1/s1. The van der Waals surface area contributed by atoms with Crippen LogP contribution in [0.5, 0.6) is 0 Å². The molecule has 0 saturated carbocycles. The lowest BCUT2D eigenvalue weighted by Gasteiger charge is -2.14. The van der Waals surface area contributed by atoms with Crippen molar-refractivity contribution in [2.24, 2.45) is 0 Å². The molecule has 6 nitrogen and oxygen atoms in total. The molecule has 0 fully saturated rings. The molecule has 1 heterocycles. The number of nitrogens with one attached hydrogen (secondary N) is 2. The Balaban J connectivity index is 1.92. The number of esters is 1. The van der Waals surface area contributed by atoms with Crippen LogP contribution >= 0.6 is 11.5 Å². The van der Waals surface area contributed by atoms with E-state index in [0.717, 1.165) is 11.1 Å². The van der Waals surface area contributed by atoms with E-state index in [2.05, 4.69) is 15.0 Å². The smallest absolute Gasteiger partial charge is 0.343 e. The Hall–Kier alpha value is -2.41. The highest BCUT2D eigenvalue weighted by Crippen LogP contribution is 2.25. The van der Waals surface area contributed by atoms with E-state index in [9.17, 15) is 9.59 Å². The van der Waals surface area contributed by atoms with Crippen LogP contribution in [0.15, 0.2) is 24.3 Å². The first-order valence-electron chi connectivity index (χ1n) is 7.60. The Labute approximate surface area is 145 Å². The monoisotopic (exact) mass is 347 g/mol. The first kappa shape index (κ1) is 17.9. The molecule has 128 valence electrons. The molecule has 0 unspecified atom stereocenters. The minimum atomic E-state index is -0.882. The number of hydrogen-bond acceptors (Lipinski definition) is 6. The molecular weight excluding hydrogens is 326 g/mol. The van der Waals surface area contributed by atoms with E-state index in [4.69, 9.17) is 4.74 Å². The molecule has 0 aliphatic heterocycles. The van der Waals surface area contributed by atoms with Gasteiger partial charge >= 0.3 is 5.97 Å². The van der Waals surface area contributed by atoms with E-state index < -0.39 is 12.1 Å². The molecule has 0 radical (unpaired) electrons. The number of carbonyl (C=O) groups excluding carboxylic acids is 2. The molecule has 1 aromatic carbocycles. The Morgan fingerprint density at radius 1 is 1.25 bits per heavy atom. The van der Waals surface area contributed by atoms with Gasteiger partial charge in [-0.15, -0.1) is 0 Å². The zero-order valence-corrected chi connectivity index (χ0v) is 15.0. The minimum Gasteiger partial charge on any atom is -0.449 e. The zero-order chi connectivity index (χ0) is 17.7. The van der Waals surface area contributed by atoms with Crippen LogP contribution in [0.2, 0.25) is 0 Å². The number of carbonyl (C=O) groups is 2. The van der Waals surface area contributed by atoms with Crippen molar-refractivity contribution in [3.8, 4) is 0 Å². The average molecular weight is 347 g/mol. The Morgan fingerprint density at radius 2 is 1.92 bits per heavy atom. The van der Waals surface area contributed by atoms with Crippen LogP contribution in [0.1, 0.15) is 34.1 Å². The summed E-state index contributed by atoms with van der Waals surface area (Å²) in [6, 6.07) is 7.87. The van der Waals surface area contributed by atoms with E-state index in [1.54, 1.807) is 20.9 Å². The summed E-state index contributed by atoms with van der Waals surface area (Å²) >= 11 is 1.19. The largest absolute Gasteiger partial charge is 0.449 e. The highest BCUT2D eigenvalue weighted by Gasteiger charge is 2.24. The maximum Gasteiger partial charge on any atom is 0.343 e. The summed E-state index contributed by atoms with van der Waals surface area (Å²) < 4.78 is 9.38. The number of amides is 1. The van der Waals surface area contributed by atoms with Crippen molar-refractivity contribution in [2.45, 2.75) is 33.4 Å². The minimum absolute atomic E-state index is 0.337. The third-order valence-electron chi connectivity index (χ3n) is 3.53. The van der Waals surface area contributed by atoms with E-state index >= 15 is 0 Å². The fraction of sp³-hybridized carbons (Fsp3) is 0.353. The van der Waals surface area contributed by atoms with Gasteiger partial charge in [0.15, 0.2) is 6.10 Å². The molecule has 1 amide bonds. The Bertz CT molecular complexity index is 725. The third kappa shape index (κ3) is 4.32. The summed E-state index contributed by atoms with van der Waals surface area (Å²) in [4.78, 5) is 24.4. The second-order valence-corrected chi connectivity index (χ2v) is 6.25. The first-order chi connectivity index (χ1) is 11.4. The number of ether oxygens (including phenoxy) is 1. The highest BCUT2D eigenvalue weighted by atomic mass is 32.1. The van der Waals surface area contributed by atoms with Crippen LogP contribution in [0, 0.1) is 13.8 Å². The van der Waals surface area contributed by atoms with E-state index in [1.807, 2.05) is 31.2 Å². The summed E-state index contributed by atoms with van der Waals surface area (Å²) in [6.07, 6.45) is -0.882. The molecule has 1 aromatic heterocycles. The summed E-state index contributed by atoms with van der Waals surface area (Å²) in [5.74, 6) is -0.889. The average Bonchev–Trinajstić information content (AvgIpc) is 2.94. The molecule has 2 rings (SSSR count). The van der Waals surface area contributed by atoms with Gasteiger partial charge in [0.2, 0.25) is 0 Å². The van der Waals surface area contributed by atoms with Crippen LogP contribution in [0.25, 0.3) is 0 Å². The number of benzene rings is 1. The number of anilines is 1. The second kappa shape index (κ2) is 7.92. The van der Waals surface area contributed by atoms with Crippen LogP contribution in [0.4, 0.5) is 5.00 Å². The van der Waals surface area contributed by atoms with E-state index in [0.29, 0.717) is 22.8 Å². The number of nitrogens with zero attached hydrogens (tertiary/aromatic N) is 1. The quantitative estimate of drug-likeness (QED) is 0.785. The Morgan fingerprint density at radius 3 is 2.54 bits per heavy atom. The van der Waals surface area contributed by atoms with Crippen molar-refractivity contribution in [3.63, 3.8) is 0 Å². The summed E-state index contributed by atoms with van der Waals surface area (Å²) in [5.41, 5.74) is 3.11. The summed E-state index contributed by atoms with van der Waals surface area (Å²) in [5, 5.41) is 6.30. The molecule has 0 aliphatic carbocycles. The molecule has 0 saturated heterocycles. The fourth-order valence-electron chi connectivity index (χ4n) is 2.09. The van der Waals surface area contributed by atoms with Crippen LogP contribution in [-0.4, -0.2) is 29.4 Å². The van der Waals surface area contributed by atoms with Crippen molar-refractivity contribution in [1.29, 1.82) is 0 Å². The topological polar surface area (TPSA) is 80.3 Å². The number of rotatable bonds is 6. The van der Waals surface area contributed by atoms with Gasteiger partial charge < -0.3 is 15.4 Å². The molecule has 0 aliphatic rings. The third-order valence-corrected chi connectivity index (χ3v) is 4.49. The van der Waals surface area contributed by atoms with Gasteiger partial charge in [0.25, 0.3) is 5.91 Å². The normalized spacial score (nSPS) is 11.7. The molecular formula is C17H21N3O3S. The molecule has 1 atom stereocenters. The molecule has 0 bridgehead atoms. The van der Waals surface area contributed by atoms with Gasteiger partial charge in [-0.1, -0.05) is 29.8 Å². The van der Waals surface area contributed by atoms with Gasteiger partial charge in [-0.2, -0.15) is 4.37 Å². The molecule has 2 aromatic rings. The molecule has 7 heteroatoms. The predicted octanol–water partition coefficient (Wildman–Crippen LogP) is 2.66. The van der Waals surface area contributed by atoms with Gasteiger partial charge in [0, 0.05) is 13.6 Å². The van der Waals surface area contributed by atoms with Crippen LogP contribution in [0.3, 0.4) is 0 Å². The predicted molar refractivity (Wildman–Crippen MR) is 94.3 cm³/mol.